The Labute approximate surface area is 261 Å². The van der Waals surface area contributed by atoms with E-state index in [0.29, 0.717) is 54.0 Å². The number of aromatic nitrogens is 4. The molecule has 0 aliphatic carbocycles. The Morgan fingerprint density at radius 3 is 2.59 bits per heavy atom. The van der Waals surface area contributed by atoms with Crippen LogP contribution in [0.2, 0.25) is 0 Å². The van der Waals surface area contributed by atoms with E-state index in [1.807, 2.05) is 24.3 Å². The van der Waals surface area contributed by atoms with E-state index in [1.54, 1.807) is 24.4 Å². The maximum atomic E-state index is 14.8. The number of nitrogens with one attached hydrogen (secondary N) is 2. The minimum absolute atomic E-state index is 0.0661. The number of rotatable bonds is 12. The molecule has 0 atom stereocenters. The topological polar surface area (TPSA) is 148 Å². The number of fused-ring (bicyclic) bond motifs is 1. The summed E-state index contributed by atoms with van der Waals surface area (Å²) < 4.78 is 56.0. The SMILES string of the molecule is N/C(=C\N(N)CCCCc1cc2c(-c3ccccn3)c(-c3ccccc3F)[nH]c2nn1)C(=O)NCc1cccc(OC(F)(F)F)c1. The van der Waals surface area contributed by atoms with Crippen LogP contribution in [0.4, 0.5) is 17.6 Å². The Morgan fingerprint density at radius 1 is 1.02 bits per heavy atom. The molecular formula is C32H30F4N8O2. The number of unbranched alkanes of at least 4 members (excludes halogenated alkanes) is 1. The number of carbonyl (C=O) groups excluding carboxylic acids is 1. The maximum Gasteiger partial charge on any atom is 0.573 e. The minimum Gasteiger partial charge on any atom is -0.406 e. The Kier molecular flexibility index (Phi) is 9.76. The standard InChI is InChI=1S/C32H30F4N8O2/c33-25-12-2-1-11-23(25)29-28(27-13-3-5-14-39-27)24-17-21(42-43-30(24)41-29)9-4-6-15-44(38)19-26(37)31(45)40-18-20-8-7-10-22(16-20)46-32(34,35)36/h1-3,5,7-8,10-14,16-17,19H,4,6,9,15,18,37-38H2,(H,40,45)(H,41,43)/b26-19-. The molecule has 238 valence electrons. The molecular weight excluding hydrogens is 604 g/mol. The molecule has 5 aromatic rings. The number of benzene rings is 2. The average molecular weight is 635 g/mol. The quantitative estimate of drug-likeness (QED) is 0.0473. The van der Waals surface area contributed by atoms with Crippen molar-refractivity contribution in [2.75, 3.05) is 6.54 Å². The summed E-state index contributed by atoms with van der Waals surface area (Å²) >= 11 is 0. The Balaban J connectivity index is 1.18. The van der Waals surface area contributed by atoms with E-state index in [9.17, 15) is 22.4 Å². The second-order valence-corrected chi connectivity index (χ2v) is 10.3. The highest BCUT2D eigenvalue weighted by molar-refractivity contribution is 6.01. The number of halogens is 4. The smallest absolute Gasteiger partial charge is 0.406 e. The van der Waals surface area contributed by atoms with Gasteiger partial charge in [0.15, 0.2) is 5.65 Å². The third kappa shape index (κ3) is 8.15. The Morgan fingerprint density at radius 2 is 1.83 bits per heavy atom. The first-order valence-corrected chi connectivity index (χ1v) is 14.2. The van der Waals surface area contributed by atoms with Crippen molar-refractivity contribution in [2.24, 2.45) is 11.6 Å². The van der Waals surface area contributed by atoms with Gasteiger partial charge in [0.05, 0.1) is 17.1 Å². The number of ether oxygens (including phenoxy) is 1. The van der Waals surface area contributed by atoms with Crippen molar-refractivity contribution in [3.63, 3.8) is 0 Å². The van der Waals surface area contributed by atoms with E-state index in [2.05, 4.69) is 30.2 Å². The summed E-state index contributed by atoms with van der Waals surface area (Å²) in [5.74, 6) is 4.61. The molecule has 14 heteroatoms. The first kappa shape index (κ1) is 31.9. The molecule has 0 unspecified atom stereocenters. The predicted octanol–water partition coefficient (Wildman–Crippen LogP) is 5.34. The van der Waals surface area contributed by atoms with Crippen LogP contribution in [0.1, 0.15) is 24.1 Å². The second-order valence-electron chi connectivity index (χ2n) is 10.3. The number of hydrogen-bond acceptors (Lipinski definition) is 8. The summed E-state index contributed by atoms with van der Waals surface area (Å²) in [4.78, 5) is 20.1. The molecule has 3 aromatic heterocycles. The van der Waals surface area contributed by atoms with E-state index < -0.39 is 18.0 Å². The van der Waals surface area contributed by atoms with Crippen molar-refractivity contribution in [1.29, 1.82) is 0 Å². The van der Waals surface area contributed by atoms with Gasteiger partial charge >= 0.3 is 6.36 Å². The number of H-pyrrole nitrogens is 1. The molecule has 0 aliphatic heterocycles. The third-order valence-electron chi connectivity index (χ3n) is 6.92. The van der Waals surface area contributed by atoms with Crippen LogP contribution in [0.3, 0.4) is 0 Å². The summed E-state index contributed by atoms with van der Waals surface area (Å²) in [6.45, 7) is 0.310. The first-order chi connectivity index (χ1) is 22.1. The van der Waals surface area contributed by atoms with Gasteiger partial charge in [-0.1, -0.05) is 30.3 Å². The number of pyridine rings is 1. The van der Waals surface area contributed by atoms with Gasteiger partial charge in [0.25, 0.3) is 5.91 Å². The zero-order valence-corrected chi connectivity index (χ0v) is 24.4. The number of aromatic amines is 1. The van der Waals surface area contributed by atoms with Crippen molar-refractivity contribution in [3.8, 4) is 28.3 Å². The van der Waals surface area contributed by atoms with E-state index in [1.165, 1.54) is 35.5 Å². The molecule has 3 heterocycles. The molecule has 1 amide bonds. The molecule has 0 spiro atoms. The third-order valence-corrected chi connectivity index (χ3v) is 6.92. The maximum absolute atomic E-state index is 14.8. The normalized spacial score (nSPS) is 11.9. The van der Waals surface area contributed by atoms with Gasteiger partial charge in [-0.25, -0.2) is 10.2 Å². The lowest BCUT2D eigenvalue weighted by Crippen LogP contribution is -2.33. The van der Waals surface area contributed by atoms with Gasteiger partial charge in [-0.3, -0.25) is 9.78 Å². The predicted molar refractivity (Wildman–Crippen MR) is 164 cm³/mol. The van der Waals surface area contributed by atoms with Crippen molar-refractivity contribution < 1.29 is 27.1 Å². The second kappa shape index (κ2) is 14.1. The van der Waals surface area contributed by atoms with Crippen molar-refractivity contribution in [1.82, 2.24) is 30.5 Å². The molecule has 0 fully saturated rings. The fraction of sp³-hybridized carbons (Fsp3) is 0.188. The highest BCUT2D eigenvalue weighted by Crippen LogP contribution is 2.37. The Hall–Kier alpha value is -5.50. The molecule has 2 aromatic carbocycles. The molecule has 0 aliphatic rings. The van der Waals surface area contributed by atoms with Crippen LogP contribution < -0.4 is 21.6 Å². The zero-order valence-electron chi connectivity index (χ0n) is 24.4. The summed E-state index contributed by atoms with van der Waals surface area (Å²) in [5.41, 5.74) is 9.69. The Bertz CT molecular complexity index is 1840. The number of hydrogen-bond donors (Lipinski definition) is 4. The molecule has 0 saturated carbocycles. The number of hydrazine groups is 1. The molecule has 0 bridgehead atoms. The van der Waals surface area contributed by atoms with Crippen LogP contribution in [0.5, 0.6) is 5.75 Å². The highest BCUT2D eigenvalue weighted by atomic mass is 19.4. The van der Waals surface area contributed by atoms with Gasteiger partial charge < -0.3 is 25.8 Å². The van der Waals surface area contributed by atoms with E-state index >= 15 is 0 Å². The minimum atomic E-state index is -4.82. The fourth-order valence-corrected chi connectivity index (χ4v) is 4.83. The monoisotopic (exact) mass is 634 g/mol. The largest absolute Gasteiger partial charge is 0.573 e. The van der Waals surface area contributed by atoms with Gasteiger partial charge in [-0.15, -0.1) is 18.3 Å². The van der Waals surface area contributed by atoms with Gasteiger partial charge in [-0.2, -0.15) is 5.10 Å². The molecule has 0 saturated heterocycles. The van der Waals surface area contributed by atoms with Crippen molar-refractivity contribution >= 4 is 16.9 Å². The number of nitrogens with zero attached hydrogens (tertiary/aromatic N) is 4. The number of carbonyl (C=O) groups is 1. The summed E-state index contributed by atoms with van der Waals surface area (Å²) in [6.07, 6.45) is 0.0419. The van der Waals surface area contributed by atoms with Crippen LogP contribution in [0, 0.1) is 5.82 Å². The van der Waals surface area contributed by atoms with Gasteiger partial charge in [0.2, 0.25) is 0 Å². The van der Waals surface area contributed by atoms with Gasteiger partial charge in [0, 0.05) is 42.0 Å². The van der Waals surface area contributed by atoms with Crippen LogP contribution in [-0.4, -0.2) is 44.0 Å². The summed E-state index contributed by atoms with van der Waals surface area (Å²) in [5, 5.41) is 13.3. The van der Waals surface area contributed by atoms with E-state index in [-0.39, 0.29) is 18.1 Å². The molecule has 0 radical (unpaired) electrons. The lowest BCUT2D eigenvalue weighted by atomic mass is 10.0. The number of amides is 1. The van der Waals surface area contributed by atoms with Gasteiger partial charge in [-0.05, 0) is 67.3 Å². The lowest BCUT2D eigenvalue weighted by molar-refractivity contribution is -0.274. The summed E-state index contributed by atoms with van der Waals surface area (Å²) in [6, 6.07) is 19.2. The van der Waals surface area contributed by atoms with Crippen LogP contribution in [-0.2, 0) is 17.8 Å². The molecule has 5 rings (SSSR count). The number of nitrogens with two attached hydrogens (primary N) is 2. The van der Waals surface area contributed by atoms with Gasteiger partial charge in [0.1, 0.15) is 17.3 Å². The van der Waals surface area contributed by atoms with E-state index in [0.717, 1.165) is 22.7 Å². The molecule has 6 N–H and O–H groups in total. The van der Waals surface area contributed by atoms with Crippen LogP contribution in [0.15, 0.2) is 90.9 Å². The van der Waals surface area contributed by atoms with Crippen LogP contribution >= 0.6 is 0 Å². The lowest BCUT2D eigenvalue weighted by Gasteiger charge is -2.15. The number of alkyl halides is 3. The fourth-order valence-electron chi connectivity index (χ4n) is 4.83. The number of aryl methyl sites for hydroxylation is 1. The highest BCUT2D eigenvalue weighted by Gasteiger charge is 2.31. The zero-order chi connectivity index (χ0) is 32.7. The molecule has 46 heavy (non-hydrogen) atoms. The first-order valence-electron chi connectivity index (χ1n) is 14.2. The summed E-state index contributed by atoms with van der Waals surface area (Å²) in [7, 11) is 0. The average Bonchev–Trinajstić information content (AvgIpc) is 3.40. The van der Waals surface area contributed by atoms with E-state index in [4.69, 9.17) is 11.6 Å². The van der Waals surface area contributed by atoms with Crippen LogP contribution in [0.25, 0.3) is 33.5 Å². The van der Waals surface area contributed by atoms with Crippen molar-refractivity contribution in [3.05, 3.63) is 108 Å². The molecule has 10 nitrogen and oxygen atoms in total. The van der Waals surface area contributed by atoms with Crippen molar-refractivity contribution in [2.45, 2.75) is 32.2 Å².